The molecule has 1 aromatic carbocycles. The summed E-state index contributed by atoms with van der Waals surface area (Å²) in [6, 6.07) is 3.10. The maximum absolute atomic E-state index is 12.7. The molecule has 0 heterocycles. The van der Waals surface area contributed by atoms with Gasteiger partial charge in [-0.2, -0.15) is 22.0 Å². The van der Waals surface area contributed by atoms with Gasteiger partial charge >= 0.3 is 17.4 Å². The second-order valence-electron chi connectivity index (χ2n) is 2.95. The molecule has 0 spiro atoms. The molecule has 94 valence electrons. The molecule has 1 aromatic rings. The molecule has 0 fully saturated rings. The molecule has 8 heteroatoms. The molecular weight excluding hydrogens is 267 g/mol. The minimum atomic E-state index is -4.66. The number of thioether (sulfide) groups is 1. The first-order chi connectivity index (χ1) is 7.63. The molecule has 0 saturated heterocycles. The van der Waals surface area contributed by atoms with Crippen molar-refractivity contribution < 1.29 is 31.9 Å². The third-order valence-corrected chi connectivity index (χ3v) is 2.58. The second-order valence-corrected chi connectivity index (χ2v) is 4.14. The van der Waals surface area contributed by atoms with E-state index < -0.39 is 39.6 Å². The maximum atomic E-state index is 12.7. The van der Waals surface area contributed by atoms with E-state index in [9.17, 15) is 26.7 Å². The van der Waals surface area contributed by atoms with Crippen LogP contribution in [0.15, 0.2) is 29.2 Å². The minimum absolute atomic E-state index is 0.449. The zero-order valence-electron chi connectivity index (χ0n) is 7.96. The summed E-state index contributed by atoms with van der Waals surface area (Å²) < 4.78 is 62.2. The van der Waals surface area contributed by atoms with Crippen LogP contribution in [0.3, 0.4) is 0 Å². The molecule has 0 radical (unpaired) electrons. The number of alkyl halides is 5. The van der Waals surface area contributed by atoms with Crippen LogP contribution in [0.1, 0.15) is 5.56 Å². The van der Waals surface area contributed by atoms with Gasteiger partial charge in [-0.15, -0.1) is 0 Å². The summed E-state index contributed by atoms with van der Waals surface area (Å²) in [6.45, 7) is 0. The highest BCUT2D eigenvalue weighted by molar-refractivity contribution is 8.01. The molecule has 17 heavy (non-hydrogen) atoms. The first-order valence-corrected chi connectivity index (χ1v) is 4.92. The monoisotopic (exact) mass is 272 g/mol. The van der Waals surface area contributed by atoms with Crippen LogP contribution in [0.4, 0.5) is 22.0 Å². The van der Waals surface area contributed by atoms with Crippen molar-refractivity contribution in [1.29, 1.82) is 0 Å². The van der Waals surface area contributed by atoms with Crippen LogP contribution in [-0.2, 0) is 11.0 Å². The summed E-state index contributed by atoms with van der Waals surface area (Å²) in [5.41, 5.74) is -1.11. The molecule has 2 nitrogen and oxygen atoms in total. The molecule has 0 saturated carbocycles. The fourth-order valence-electron chi connectivity index (χ4n) is 0.928. The lowest BCUT2D eigenvalue weighted by molar-refractivity contribution is -0.152. The minimum Gasteiger partial charge on any atom is -0.476 e. The molecule has 0 aliphatic carbocycles. The number of rotatable bonds is 3. The van der Waals surface area contributed by atoms with E-state index in [1.807, 2.05) is 0 Å². The van der Waals surface area contributed by atoms with Gasteiger partial charge in [0.15, 0.2) is 0 Å². The van der Waals surface area contributed by atoms with Crippen LogP contribution in [0.2, 0.25) is 0 Å². The summed E-state index contributed by atoms with van der Waals surface area (Å²) in [5.74, 6) is -2.40. The van der Waals surface area contributed by atoms with Gasteiger partial charge < -0.3 is 5.11 Å². The van der Waals surface area contributed by atoms with E-state index in [0.717, 1.165) is 12.1 Å². The summed E-state index contributed by atoms with van der Waals surface area (Å²) in [5, 5.41) is 3.98. The number of carbonyl (C=O) groups is 1. The van der Waals surface area contributed by atoms with Crippen molar-refractivity contribution >= 4 is 17.7 Å². The molecule has 0 aliphatic heterocycles. The Morgan fingerprint density at radius 3 is 2.24 bits per heavy atom. The number of hydrogen-bond donors (Lipinski definition) is 1. The van der Waals surface area contributed by atoms with Crippen molar-refractivity contribution in [2.24, 2.45) is 0 Å². The first-order valence-electron chi connectivity index (χ1n) is 4.10. The van der Waals surface area contributed by atoms with Crippen LogP contribution < -0.4 is 0 Å². The standard InChI is InChI=1S/C9H5F5O2S/c10-8(11,12)5-2-1-3-6(4-5)17-9(13,14)7(15)16/h1-4H,(H,15,16). The van der Waals surface area contributed by atoms with Gasteiger partial charge in [0, 0.05) is 4.90 Å². The highest BCUT2D eigenvalue weighted by atomic mass is 32.2. The van der Waals surface area contributed by atoms with Gasteiger partial charge in [0.25, 0.3) is 0 Å². The fraction of sp³-hybridized carbons (Fsp3) is 0.222. The van der Waals surface area contributed by atoms with E-state index in [2.05, 4.69) is 0 Å². The highest BCUT2D eigenvalue weighted by Gasteiger charge is 2.40. The summed E-state index contributed by atoms with van der Waals surface area (Å²) >= 11 is -0.449. The summed E-state index contributed by atoms with van der Waals surface area (Å²) in [4.78, 5) is 9.65. The Bertz CT molecular complexity index is 430. The van der Waals surface area contributed by atoms with Crippen molar-refractivity contribution in [3.8, 4) is 0 Å². The Kier molecular flexibility index (Phi) is 3.65. The van der Waals surface area contributed by atoms with Crippen molar-refractivity contribution in [3.05, 3.63) is 29.8 Å². The van der Waals surface area contributed by atoms with Gasteiger partial charge in [0.05, 0.1) is 5.56 Å². The molecule has 0 amide bonds. The quantitative estimate of drug-likeness (QED) is 0.676. The lowest BCUT2D eigenvalue weighted by atomic mass is 10.2. The van der Waals surface area contributed by atoms with Crippen LogP contribution in [0, 0.1) is 0 Å². The van der Waals surface area contributed by atoms with Crippen LogP contribution in [-0.4, -0.2) is 16.3 Å². The summed E-state index contributed by atoms with van der Waals surface area (Å²) in [6.07, 6.45) is -4.66. The Morgan fingerprint density at radius 1 is 1.18 bits per heavy atom. The van der Waals surface area contributed by atoms with Crippen LogP contribution in [0.5, 0.6) is 0 Å². The van der Waals surface area contributed by atoms with Gasteiger partial charge in [0.2, 0.25) is 0 Å². The highest BCUT2D eigenvalue weighted by Crippen LogP contribution is 2.38. The molecule has 0 aliphatic rings. The van der Waals surface area contributed by atoms with Gasteiger partial charge in [-0.1, -0.05) is 6.07 Å². The third kappa shape index (κ3) is 3.58. The zero-order valence-corrected chi connectivity index (χ0v) is 8.78. The van der Waals surface area contributed by atoms with Gasteiger partial charge in [-0.3, -0.25) is 0 Å². The Labute approximate surface area is 96.4 Å². The molecule has 0 bridgehead atoms. The van der Waals surface area contributed by atoms with E-state index in [0.29, 0.717) is 12.1 Å². The van der Waals surface area contributed by atoms with Crippen molar-refractivity contribution in [2.75, 3.05) is 0 Å². The van der Waals surface area contributed by atoms with E-state index in [1.165, 1.54) is 0 Å². The first kappa shape index (κ1) is 13.8. The van der Waals surface area contributed by atoms with Crippen LogP contribution >= 0.6 is 11.8 Å². The second kappa shape index (κ2) is 4.52. The van der Waals surface area contributed by atoms with E-state index in [-0.39, 0.29) is 0 Å². The molecule has 1 N–H and O–H groups in total. The SMILES string of the molecule is O=C(O)C(F)(F)Sc1cccc(C(F)(F)F)c1. The van der Waals surface area contributed by atoms with Crippen LogP contribution in [0.25, 0.3) is 0 Å². The number of carboxylic acid groups (broad SMARTS) is 1. The molecular formula is C9H5F5O2S. The number of halogens is 5. The smallest absolute Gasteiger partial charge is 0.416 e. The summed E-state index contributed by atoms with van der Waals surface area (Å²) in [7, 11) is 0. The molecule has 0 atom stereocenters. The Hall–Kier alpha value is -1.31. The fourth-order valence-corrected chi connectivity index (χ4v) is 1.64. The zero-order chi connectivity index (χ0) is 13.3. The number of carboxylic acids is 1. The normalized spacial score (nSPS) is 12.5. The lowest BCUT2D eigenvalue weighted by Gasteiger charge is -2.12. The number of aliphatic carboxylic acids is 1. The largest absolute Gasteiger partial charge is 0.476 e. The molecule has 0 aromatic heterocycles. The van der Waals surface area contributed by atoms with Crippen molar-refractivity contribution in [2.45, 2.75) is 16.3 Å². The predicted octanol–water partition coefficient (Wildman–Crippen LogP) is 3.47. The average molecular weight is 272 g/mol. The Balaban J connectivity index is 2.98. The maximum Gasteiger partial charge on any atom is 0.416 e. The molecule has 1 rings (SSSR count). The Morgan fingerprint density at radius 2 is 1.76 bits per heavy atom. The van der Waals surface area contributed by atoms with Gasteiger partial charge in [-0.25, -0.2) is 4.79 Å². The van der Waals surface area contributed by atoms with E-state index >= 15 is 0 Å². The lowest BCUT2D eigenvalue weighted by Crippen LogP contribution is -2.23. The van der Waals surface area contributed by atoms with Gasteiger partial charge in [0.1, 0.15) is 0 Å². The third-order valence-electron chi connectivity index (χ3n) is 1.66. The molecule has 0 unspecified atom stereocenters. The van der Waals surface area contributed by atoms with E-state index in [1.54, 1.807) is 0 Å². The van der Waals surface area contributed by atoms with Gasteiger partial charge in [-0.05, 0) is 30.0 Å². The predicted molar refractivity (Wildman–Crippen MR) is 49.9 cm³/mol. The van der Waals surface area contributed by atoms with Crippen molar-refractivity contribution in [1.82, 2.24) is 0 Å². The average Bonchev–Trinajstić information content (AvgIpc) is 2.15. The van der Waals surface area contributed by atoms with Crippen molar-refractivity contribution in [3.63, 3.8) is 0 Å². The topological polar surface area (TPSA) is 37.3 Å². The number of hydrogen-bond acceptors (Lipinski definition) is 2. The van der Waals surface area contributed by atoms with E-state index in [4.69, 9.17) is 5.11 Å². The number of benzene rings is 1.